The van der Waals surface area contributed by atoms with E-state index in [-0.39, 0.29) is 6.61 Å². The topological polar surface area (TPSA) is 82.1 Å². The van der Waals surface area contributed by atoms with Crippen molar-refractivity contribution in [2.24, 2.45) is 0 Å². The maximum Gasteiger partial charge on any atom is 0.328 e. The van der Waals surface area contributed by atoms with Gasteiger partial charge in [-0.05, 0) is 6.42 Å². The minimum absolute atomic E-state index is 0.00800. The van der Waals surface area contributed by atoms with E-state index in [4.69, 9.17) is 5.11 Å². The van der Waals surface area contributed by atoms with Crippen molar-refractivity contribution in [3.8, 4) is 0 Å². The summed E-state index contributed by atoms with van der Waals surface area (Å²) in [5.74, 6) is 0. The minimum atomic E-state index is -2.64. The number of hydrogen-bond donors (Lipinski definition) is 1. The molecule has 1 rings (SSSR count). The van der Waals surface area contributed by atoms with Crippen LogP contribution in [-0.2, 0) is 22.5 Å². The van der Waals surface area contributed by atoms with Gasteiger partial charge in [0.25, 0.3) is 0 Å². The Labute approximate surface area is 70.7 Å². The van der Waals surface area contributed by atoms with Crippen LogP contribution in [0.5, 0.6) is 0 Å². The van der Waals surface area contributed by atoms with E-state index in [1.807, 2.05) is 0 Å². The molecule has 0 bridgehead atoms. The van der Waals surface area contributed by atoms with Gasteiger partial charge in [-0.25, -0.2) is 4.31 Å². The average Bonchev–Trinajstić information content (AvgIpc) is 1.99. The maximum atomic E-state index is 10.7. The van der Waals surface area contributed by atoms with Crippen LogP contribution in [0, 0.1) is 0 Å². The Hall–Kier alpha value is 0.300. The van der Waals surface area contributed by atoms with Crippen molar-refractivity contribution in [2.45, 2.75) is 19.1 Å². The second-order valence-electron chi connectivity index (χ2n) is 2.13. The van der Waals surface area contributed by atoms with Crippen LogP contribution in [0.3, 0.4) is 0 Å². The lowest BCUT2D eigenvalue weighted by atomic mass is 10.3. The maximum absolute atomic E-state index is 10.7. The summed E-state index contributed by atoms with van der Waals surface area (Å²) in [6.07, 6.45) is 0.0606. The van der Waals surface area contributed by atoms with Crippen molar-refractivity contribution in [3.63, 3.8) is 0 Å². The van der Waals surface area contributed by atoms with Gasteiger partial charge in [0.15, 0.2) is 6.29 Å². The molecule has 0 aromatic carbocycles. The molecule has 1 N–H and O–H groups in total. The van der Waals surface area contributed by atoms with Gasteiger partial charge in [0.05, 0.1) is 0 Å². The van der Waals surface area contributed by atoms with Crippen LogP contribution >= 0.6 is 16.5 Å². The molecule has 0 aromatic heterocycles. The highest BCUT2D eigenvalue weighted by molar-refractivity contribution is 7.48. The van der Waals surface area contributed by atoms with Gasteiger partial charge in [0, 0.05) is 13.0 Å². The molecule has 0 amide bonds. The van der Waals surface area contributed by atoms with Gasteiger partial charge in [0.2, 0.25) is 0 Å². The molecule has 12 heavy (non-hydrogen) atoms. The second-order valence-corrected chi connectivity index (χ2v) is 4.42. The SMILES string of the molecule is O=[PH]1OC(CCCO)O[PH](=O)O1. The van der Waals surface area contributed by atoms with E-state index in [1.165, 1.54) is 0 Å². The van der Waals surface area contributed by atoms with Crippen molar-refractivity contribution in [3.05, 3.63) is 0 Å². The predicted octanol–water partition coefficient (Wildman–Crippen LogP) is 0.928. The van der Waals surface area contributed by atoms with Gasteiger partial charge in [-0.15, -0.1) is 0 Å². The lowest BCUT2D eigenvalue weighted by molar-refractivity contribution is -0.0243. The smallest absolute Gasteiger partial charge is 0.328 e. The summed E-state index contributed by atoms with van der Waals surface area (Å²) in [4.78, 5) is 0. The molecule has 1 saturated heterocycles. The minimum Gasteiger partial charge on any atom is -0.396 e. The highest BCUT2D eigenvalue weighted by Crippen LogP contribution is 2.47. The fraction of sp³-hybridized carbons (Fsp3) is 1.00. The molecule has 72 valence electrons. The van der Waals surface area contributed by atoms with E-state index >= 15 is 0 Å². The molecular weight excluding hydrogens is 206 g/mol. The van der Waals surface area contributed by atoms with Crippen LogP contribution in [0.25, 0.3) is 0 Å². The molecule has 6 nitrogen and oxygen atoms in total. The Morgan fingerprint density at radius 2 is 1.83 bits per heavy atom. The summed E-state index contributed by atoms with van der Waals surface area (Å²) in [6, 6.07) is 0. The van der Waals surface area contributed by atoms with Crippen LogP contribution in [0.15, 0.2) is 0 Å². The molecule has 0 radical (unpaired) electrons. The molecule has 1 fully saturated rings. The third kappa shape index (κ3) is 3.35. The highest BCUT2D eigenvalue weighted by atomic mass is 31.2. The summed E-state index contributed by atoms with van der Waals surface area (Å²) >= 11 is 0. The van der Waals surface area contributed by atoms with Crippen molar-refractivity contribution >= 4 is 16.5 Å². The van der Waals surface area contributed by atoms with E-state index in [2.05, 4.69) is 13.4 Å². The van der Waals surface area contributed by atoms with Crippen molar-refractivity contribution in [2.75, 3.05) is 6.61 Å². The number of aliphatic hydroxyl groups excluding tert-OH is 1. The molecule has 0 saturated carbocycles. The van der Waals surface area contributed by atoms with E-state index in [1.54, 1.807) is 0 Å². The molecular formula is C4H10O6P2. The van der Waals surface area contributed by atoms with Crippen molar-refractivity contribution in [1.82, 2.24) is 0 Å². The Bertz CT molecular complexity index is 178. The van der Waals surface area contributed by atoms with Gasteiger partial charge in [-0.3, -0.25) is 18.2 Å². The third-order valence-electron chi connectivity index (χ3n) is 1.22. The van der Waals surface area contributed by atoms with Gasteiger partial charge in [-0.2, -0.15) is 0 Å². The van der Waals surface area contributed by atoms with Gasteiger partial charge >= 0.3 is 16.5 Å². The summed E-state index contributed by atoms with van der Waals surface area (Å²) in [5.41, 5.74) is 0. The van der Waals surface area contributed by atoms with Crippen LogP contribution in [0.4, 0.5) is 0 Å². The summed E-state index contributed by atoms with van der Waals surface area (Å²) in [5, 5.41) is 8.45. The first-order valence-corrected chi connectivity index (χ1v) is 5.87. The van der Waals surface area contributed by atoms with Crippen LogP contribution in [0.2, 0.25) is 0 Å². The van der Waals surface area contributed by atoms with E-state index in [0.29, 0.717) is 12.8 Å². The molecule has 0 aromatic rings. The van der Waals surface area contributed by atoms with Gasteiger partial charge in [-0.1, -0.05) is 0 Å². The van der Waals surface area contributed by atoms with Crippen LogP contribution in [-0.4, -0.2) is 18.0 Å². The monoisotopic (exact) mass is 216 g/mol. The molecule has 1 aliphatic rings. The lowest BCUT2D eigenvalue weighted by Crippen LogP contribution is -2.14. The van der Waals surface area contributed by atoms with Gasteiger partial charge < -0.3 is 5.11 Å². The third-order valence-corrected chi connectivity index (χ3v) is 3.46. The Morgan fingerprint density at radius 3 is 2.33 bits per heavy atom. The Morgan fingerprint density at radius 1 is 1.25 bits per heavy atom. The fourth-order valence-electron chi connectivity index (χ4n) is 0.731. The lowest BCUT2D eigenvalue weighted by Gasteiger charge is -2.21. The number of hydrogen-bond acceptors (Lipinski definition) is 6. The molecule has 8 heteroatoms. The van der Waals surface area contributed by atoms with Crippen LogP contribution < -0.4 is 0 Å². The summed E-state index contributed by atoms with van der Waals surface area (Å²) in [7, 11) is -5.29. The largest absolute Gasteiger partial charge is 0.396 e. The van der Waals surface area contributed by atoms with E-state index < -0.39 is 22.8 Å². The first-order chi connectivity index (χ1) is 5.72. The Kier molecular flexibility index (Phi) is 4.43. The molecule has 1 aliphatic heterocycles. The quantitative estimate of drug-likeness (QED) is 0.706. The fourth-order valence-corrected chi connectivity index (χ4v) is 2.52. The zero-order valence-electron chi connectivity index (χ0n) is 6.19. The molecule has 0 aliphatic carbocycles. The predicted molar refractivity (Wildman–Crippen MR) is 41.4 cm³/mol. The highest BCUT2D eigenvalue weighted by Gasteiger charge is 2.24. The molecule has 2 atom stereocenters. The standard InChI is InChI=1S/C4H10O6P2/c5-3-1-2-4-8-11(6)10-12(7)9-4/h4-5,11-12H,1-3H2. The van der Waals surface area contributed by atoms with Crippen LogP contribution in [0.1, 0.15) is 12.8 Å². The van der Waals surface area contributed by atoms with E-state index in [9.17, 15) is 9.13 Å². The zero-order valence-corrected chi connectivity index (χ0v) is 8.19. The zero-order chi connectivity index (χ0) is 8.97. The first-order valence-electron chi connectivity index (χ1n) is 3.42. The van der Waals surface area contributed by atoms with Gasteiger partial charge in [0.1, 0.15) is 0 Å². The first kappa shape index (κ1) is 10.4. The van der Waals surface area contributed by atoms with E-state index in [0.717, 1.165) is 0 Å². The molecule has 1 heterocycles. The number of aliphatic hydroxyl groups is 1. The molecule has 2 unspecified atom stereocenters. The van der Waals surface area contributed by atoms with Crippen molar-refractivity contribution in [1.29, 1.82) is 0 Å². The normalized spacial score (nSPS) is 36.6. The van der Waals surface area contributed by atoms with Crippen molar-refractivity contribution < 1.29 is 27.6 Å². The Balaban J connectivity index is 2.34. The summed E-state index contributed by atoms with van der Waals surface area (Å²) < 4.78 is 35.0. The summed E-state index contributed by atoms with van der Waals surface area (Å²) in [6.45, 7) is -0.00800. The molecule has 0 spiro atoms. The second kappa shape index (κ2) is 5.12. The number of rotatable bonds is 3. The average molecular weight is 216 g/mol.